The Morgan fingerprint density at radius 1 is 0.393 bits per heavy atom. The first-order valence-corrected chi connectivity index (χ1v) is 27.9. The highest BCUT2D eigenvalue weighted by atomic mass is 28.3. The molecule has 0 radical (unpaired) electrons. The summed E-state index contributed by atoms with van der Waals surface area (Å²) in [5, 5.41) is 14.7. The fourth-order valence-corrected chi connectivity index (χ4v) is 14.5. The Balaban J connectivity index is 1.56. The van der Waals surface area contributed by atoms with E-state index in [1.54, 1.807) is 14.2 Å². The van der Waals surface area contributed by atoms with Gasteiger partial charge in [-0.15, -0.1) is 0 Å². The molecule has 11 aromatic rings. The molecule has 1 aromatic heterocycles. The minimum Gasteiger partial charge on any atom is -0.497 e. The number of rotatable bonds is 6. The summed E-state index contributed by atoms with van der Waals surface area (Å²) < 4.78 is 19.1. The van der Waals surface area contributed by atoms with Crippen molar-refractivity contribution in [3.8, 4) is 33.8 Å². The second-order valence-corrected chi connectivity index (χ2v) is 28.5. The molecule has 0 bridgehead atoms. The van der Waals surface area contributed by atoms with Crippen LogP contribution in [0.15, 0.2) is 135 Å². The highest BCUT2D eigenvalue weighted by Crippen LogP contribution is 2.50. The van der Waals surface area contributed by atoms with Crippen molar-refractivity contribution in [1.82, 2.24) is 0 Å². The van der Waals surface area contributed by atoms with E-state index in [4.69, 9.17) is 13.9 Å². The van der Waals surface area contributed by atoms with Gasteiger partial charge in [0, 0.05) is 59.4 Å². The molecule has 0 saturated heterocycles. The number of hydrogen-bond acceptors (Lipinski definition) is 5. The molecule has 7 heteroatoms. The van der Waals surface area contributed by atoms with E-state index in [2.05, 4.69) is 118 Å². The summed E-state index contributed by atoms with van der Waals surface area (Å²) in [6, 6.07) is 41.3. The van der Waals surface area contributed by atoms with Crippen molar-refractivity contribution < 1.29 is 13.9 Å². The van der Waals surface area contributed by atoms with Crippen molar-refractivity contribution in [2.75, 3.05) is 14.2 Å². The van der Waals surface area contributed by atoms with E-state index in [9.17, 15) is 0 Å². The van der Waals surface area contributed by atoms with Crippen molar-refractivity contribution in [2.24, 2.45) is 0 Å². The highest BCUT2D eigenvalue weighted by Gasteiger charge is 2.37. The zero-order chi connectivity index (χ0) is 42.3. The molecule has 0 fully saturated rings. The Bertz CT molecular complexity index is 3760. The predicted octanol–water partition coefficient (Wildman–Crippen LogP) is 12.5. The third-order valence-electron chi connectivity index (χ3n) is 12.9. The van der Waals surface area contributed by atoms with Crippen LogP contribution in [0.5, 0.6) is 11.5 Å². The molecule has 0 amide bonds. The van der Waals surface area contributed by atoms with Gasteiger partial charge in [-0.1, -0.05) is 124 Å². The summed E-state index contributed by atoms with van der Waals surface area (Å²) in [5.41, 5.74) is 5.33. The lowest BCUT2D eigenvalue weighted by atomic mass is 9.91. The Morgan fingerprint density at radius 3 is 1.31 bits per heavy atom. The second kappa shape index (κ2) is 13.0. The van der Waals surface area contributed by atoms with E-state index >= 15 is 9.59 Å². The summed E-state index contributed by atoms with van der Waals surface area (Å²) in [6.07, 6.45) is 0. The van der Waals surface area contributed by atoms with Gasteiger partial charge in [0.1, 0.15) is 22.7 Å². The third-order valence-corrected chi connectivity index (χ3v) is 16.9. The maximum Gasteiger partial charge on any atom is 0.194 e. The van der Waals surface area contributed by atoms with Crippen LogP contribution < -0.4 is 30.7 Å². The first-order chi connectivity index (χ1) is 29.3. The van der Waals surface area contributed by atoms with Crippen LogP contribution in [0.1, 0.15) is 0 Å². The van der Waals surface area contributed by atoms with Gasteiger partial charge in [0.15, 0.2) is 10.9 Å². The number of benzene rings is 8. The fourth-order valence-electron chi connectivity index (χ4n) is 10.5. The van der Waals surface area contributed by atoms with Gasteiger partial charge >= 0.3 is 0 Å². The molecule has 0 atom stereocenters. The zero-order valence-corrected chi connectivity index (χ0v) is 37.6. The average Bonchev–Trinajstić information content (AvgIpc) is 3.89. The molecular weight excluding hydrogens is 785 g/mol. The SMILES string of the molecule is COc1ccc(-c2c([Si](C)(C)C)c3c(=O)c4ccc5ccccc5c4c3c3c2oc2c3c(-c3ccc(OC)cc3)c([Si](C)(C)C)c3c(=O)c4ccc5ccccc5c4c32)cc1. The van der Waals surface area contributed by atoms with Crippen molar-refractivity contribution in [3.05, 3.63) is 142 Å². The number of fused-ring (bicyclic) bond motifs is 15. The van der Waals surface area contributed by atoms with Crippen LogP contribution in [0, 0.1) is 0 Å². The molecule has 0 spiro atoms. The van der Waals surface area contributed by atoms with Gasteiger partial charge in [0.25, 0.3) is 0 Å². The zero-order valence-electron chi connectivity index (χ0n) is 35.6. The van der Waals surface area contributed by atoms with Gasteiger partial charge in [-0.05, 0) is 85.0 Å². The van der Waals surface area contributed by atoms with Crippen molar-refractivity contribution in [2.45, 2.75) is 39.3 Å². The minimum absolute atomic E-state index is 0.0280. The highest BCUT2D eigenvalue weighted by molar-refractivity contribution is 6.93. The molecule has 1 heterocycles. The summed E-state index contributed by atoms with van der Waals surface area (Å²) in [7, 11) is -1.44. The summed E-state index contributed by atoms with van der Waals surface area (Å²) in [4.78, 5) is 30.8. The molecule has 10 aromatic carbocycles. The van der Waals surface area contributed by atoms with Crippen LogP contribution in [0.25, 0.3) is 109 Å². The summed E-state index contributed by atoms with van der Waals surface area (Å²) in [6.45, 7) is 14.0. The van der Waals surface area contributed by atoms with Crippen LogP contribution in [-0.2, 0) is 0 Å². The lowest BCUT2D eigenvalue weighted by Crippen LogP contribution is -2.41. The van der Waals surface area contributed by atoms with Crippen LogP contribution in [-0.4, -0.2) is 30.4 Å². The second-order valence-electron chi connectivity index (χ2n) is 18.5. The van der Waals surface area contributed by atoms with Crippen molar-refractivity contribution in [3.63, 3.8) is 0 Å². The van der Waals surface area contributed by atoms with E-state index < -0.39 is 16.1 Å². The summed E-state index contributed by atoms with van der Waals surface area (Å²) in [5.74, 6) is 1.49. The van der Waals surface area contributed by atoms with Gasteiger partial charge in [-0.3, -0.25) is 9.59 Å². The topological polar surface area (TPSA) is 65.7 Å². The van der Waals surface area contributed by atoms with Gasteiger partial charge in [-0.2, -0.15) is 0 Å². The molecule has 0 saturated carbocycles. The quantitative estimate of drug-likeness (QED) is 0.156. The van der Waals surface area contributed by atoms with Crippen LogP contribution in [0.3, 0.4) is 0 Å². The smallest absolute Gasteiger partial charge is 0.194 e. The molecule has 11 rings (SSSR count). The first-order valence-electron chi connectivity index (χ1n) is 20.9. The average molecular weight is 829 g/mol. The minimum atomic E-state index is -2.42. The van der Waals surface area contributed by atoms with E-state index in [1.807, 2.05) is 42.5 Å². The van der Waals surface area contributed by atoms with E-state index in [1.165, 1.54) is 0 Å². The van der Waals surface area contributed by atoms with Crippen LogP contribution >= 0.6 is 0 Å². The fraction of sp³-hybridized carbons (Fsp3) is 0.148. The maximum absolute atomic E-state index is 15.5. The van der Waals surface area contributed by atoms with Gasteiger partial charge < -0.3 is 13.9 Å². The molecule has 0 aliphatic heterocycles. The molecular formula is C54H44O5Si2. The molecule has 298 valence electrons. The van der Waals surface area contributed by atoms with Gasteiger partial charge in [-0.25, -0.2) is 0 Å². The monoisotopic (exact) mass is 828 g/mol. The van der Waals surface area contributed by atoms with Crippen molar-refractivity contribution in [1.29, 1.82) is 0 Å². The van der Waals surface area contributed by atoms with Crippen LogP contribution in [0.2, 0.25) is 39.3 Å². The lowest BCUT2D eigenvalue weighted by molar-refractivity contribution is 0.415. The predicted molar refractivity (Wildman–Crippen MR) is 264 cm³/mol. The number of methoxy groups -OCH3 is 2. The molecule has 0 N–H and O–H groups in total. The molecule has 0 aliphatic carbocycles. The molecule has 5 nitrogen and oxygen atoms in total. The Kier molecular flexibility index (Phi) is 7.97. The number of furan rings is 1. The molecule has 61 heavy (non-hydrogen) atoms. The Labute approximate surface area is 354 Å². The maximum atomic E-state index is 15.5. The normalized spacial score (nSPS) is 12.7. The van der Waals surface area contributed by atoms with E-state index in [0.717, 1.165) is 114 Å². The largest absolute Gasteiger partial charge is 0.497 e. The summed E-state index contributed by atoms with van der Waals surface area (Å²) >= 11 is 0. The Hall–Kier alpha value is -6.55. The molecule has 0 unspecified atom stereocenters. The first kappa shape index (κ1) is 37.5. The van der Waals surface area contributed by atoms with Gasteiger partial charge in [0.2, 0.25) is 0 Å². The molecule has 0 aliphatic rings. The number of ether oxygens (including phenoxy) is 2. The lowest BCUT2D eigenvalue weighted by Gasteiger charge is -2.25. The van der Waals surface area contributed by atoms with E-state index in [0.29, 0.717) is 16.4 Å². The standard InChI is InChI=1S/C54H44O5Si2/c1-57-33-23-17-31(18-24-33)39-44-46-43-41-35-15-11-9-13-29(35)21-27-37(41)49(55)47(43)54(61(6,7)8)40(32-19-25-34(58-2)26-20-32)51(46)59-52(44)45-42-36-16-12-10-14-30(36)22-28-38(42)50(56)48(45)53(39)60(3,4)5/h9-28H,1-8H3. The third kappa shape index (κ3) is 5.17. The van der Waals surface area contributed by atoms with Crippen molar-refractivity contribution >= 4 is 113 Å². The van der Waals surface area contributed by atoms with Crippen LogP contribution in [0.4, 0.5) is 0 Å². The number of hydrogen-bond donors (Lipinski definition) is 0. The van der Waals surface area contributed by atoms with E-state index in [-0.39, 0.29) is 10.9 Å². The van der Waals surface area contributed by atoms with Gasteiger partial charge in [0.05, 0.1) is 30.4 Å². The Morgan fingerprint density at radius 2 is 0.820 bits per heavy atom.